The molecule has 1 aliphatic heterocycles. The molecule has 0 saturated carbocycles. The monoisotopic (exact) mass is 313 g/mol. The van der Waals surface area contributed by atoms with Crippen molar-refractivity contribution in [2.75, 3.05) is 6.61 Å². The van der Waals surface area contributed by atoms with Gasteiger partial charge in [0.15, 0.2) is 0 Å². The van der Waals surface area contributed by atoms with Crippen LogP contribution in [0.25, 0.3) is 0 Å². The summed E-state index contributed by atoms with van der Waals surface area (Å²) in [6, 6.07) is 0. The lowest BCUT2D eigenvalue weighted by Gasteiger charge is -2.27. The van der Waals surface area contributed by atoms with E-state index in [2.05, 4.69) is 37.8 Å². The van der Waals surface area contributed by atoms with E-state index in [-0.39, 0.29) is 17.7 Å². The molecule has 0 aromatic carbocycles. The first-order valence-corrected chi connectivity index (χ1v) is 7.95. The Hall–Kier alpha value is -1.21. The second-order valence-corrected chi connectivity index (χ2v) is 7.97. The minimum absolute atomic E-state index is 0.00238. The average molecular weight is 313 g/mol. The van der Waals surface area contributed by atoms with Gasteiger partial charge in [-0.05, 0) is 41.0 Å². The third-order valence-corrected chi connectivity index (χ3v) is 5.31. The van der Waals surface area contributed by atoms with Crippen molar-refractivity contribution < 1.29 is 9.92 Å². The smallest absolute Gasteiger partial charge is 0.294 e. The molecule has 0 radical (unpaired) electrons. The van der Waals surface area contributed by atoms with E-state index in [9.17, 15) is 10.1 Å². The predicted molar refractivity (Wildman–Crippen MR) is 82.2 cm³/mol. The Bertz CT molecular complexity index is 540. The van der Waals surface area contributed by atoms with Gasteiger partial charge in [0, 0.05) is 28.3 Å². The lowest BCUT2D eigenvalue weighted by molar-refractivity contribution is -0.757. The summed E-state index contributed by atoms with van der Waals surface area (Å²) in [7, 11) is 0. The Balaban J connectivity index is 2.13. The van der Waals surface area contributed by atoms with Gasteiger partial charge in [-0.25, -0.2) is 4.98 Å². The summed E-state index contributed by atoms with van der Waals surface area (Å²) in [5.41, 5.74) is 1.06. The fourth-order valence-corrected chi connectivity index (χ4v) is 4.55. The molecule has 1 N–H and O–H groups in total. The molecule has 7 heteroatoms. The number of nitrogens with zero attached hydrogens (tertiary/aromatic N) is 2. The van der Waals surface area contributed by atoms with Crippen LogP contribution in [-0.2, 0) is 11.3 Å². The highest BCUT2D eigenvalue weighted by Crippen LogP contribution is 2.44. The van der Waals surface area contributed by atoms with Gasteiger partial charge in [0.2, 0.25) is 0 Å². The first-order chi connectivity index (χ1) is 9.61. The molecule has 1 aromatic heterocycles. The zero-order chi connectivity index (χ0) is 15.8. The molecule has 0 spiro atoms. The third kappa shape index (κ3) is 3.71. The number of rotatable bonds is 5. The summed E-state index contributed by atoms with van der Waals surface area (Å²) in [5, 5.41) is 14.2. The number of hydrogen-bond acceptors (Lipinski definition) is 6. The van der Waals surface area contributed by atoms with Gasteiger partial charge >= 0.3 is 0 Å². The third-order valence-electron chi connectivity index (χ3n) is 3.98. The molecule has 21 heavy (non-hydrogen) atoms. The maximum atomic E-state index is 10.2. The zero-order valence-electron chi connectivity index (χ0n) is 13.2. The molecule has 1 aliphatic rings. The van der Waals surface area contributed by atoms with Crippen molar-refractivity contribution >= 4 is 11.3 Å². The molecule has 0 amide bonds. The lowest BCUT2D eigenvalue weighted by atomic mass is 9.87. The van der Waals surface area contributed by atoms with E-state index in [1.807, 2.05) is 6.92 Å². The lowest BCUT2D eigenvalue weighted by Crippen LogP contribution is -2.44. The molecule has 2 heterocycles. The highest BCUT2D eigenvalue weighted by molar-refractivity contribution is 7.11. The molecule has 0 aliphatic carbocycles. The molecule has 118 valence electrons. The van der Waals surface area contributed by atoms with E-state index in [1.165, 1.54) is 0 Å². The first-order valence-electron chi connectivity index (χ1n) is 7.13. The standard InChI is InChI=1S/C14H23N3O3S/c1-9-11(6-7-20-17(18)19)21-12(15-9)10-8-13(2,3)16-14(10,4)5/h10,16H,6-8H2,1-5H3. The summed E-state index contributed by atoms with van der Waals surface area (Å²) < 4.78 is 0. The van der Waals surface area contributed by atoms with Crippen molar-refractivity contribution in [1.29, 1.82) is 0 Å². The summed E-state index contributed by atoms with van der Waals surface area (Å²) in [5.74, 6) is 0.362. The molecular weight excluding hydrogens is 290 g/mol. The van der Waals surface area contributed by atoms with Crippen LogP contribution in [0.3, 0.4) is 0 Å². The Labute approximate surface area is 129 Å². The highest BCUT2D eigenvalue weighted by atomic mass is 32.1. The number of thiazole rings is 1. The van der Waals surface area contributed by atoms with Crippen molar-refractivity contribution in [1.82, 2.24) is 10.3 Å². The van der Waals surface area contributed by atoms with E-state index in [0.29, 0.717) is 12.3 Å². The first kappa shape index (κ1) is 16.2. The van der Waals surface area contributed by atoms with Gasteiger partial charge in [-0.3, -0.25) is 0 Å². The summed E-state index contributed by atoms with van der Waals surface area (Å²) in [6.07, 6.45) is 1.58. The fourth-order valence-electron chi connectivity index (χ4n) is 3.22. The molecule has 1 aromatic rings. The predicted octanol–water partition coefficient (Wildman–Crippen LogP) is 2.84. The van der Waals surface area contributed by atoms with Crippen LogP contribution in [0.2, 0.25) is 0 Å². The molecule has 2 rings (SSSR count). The van der Waals surface area contributed by atoms with E-state index in [0.717, 1.165) is 22.0 Å². The zero-order valence-corrected chi connectivity index (χ0v) is 14.0. The quantitative estimate of drug-likeness (QED) is 0.668. The van der Waals surface area contributed by atoms with Gasteiger partial charge in [0.05, 0.1) is 10.7 Å². The largest absolute Gasteiger partial charge is 0.314 e. The molecule has 0 bridgehead atoms. The van der Waals surface area contributed by atoms with Crippen molar-refractivity contribution in [3.05, 3.63) is 25.7 Å². The van der Waals surface area contributed by atoms with E-state index < -0.39 is 5.09 Å². The number of hydrogen-bond donors (Lipinski definition) is 1. The SMILES string of the molecule is Cc1nc(C2CC(C)(C)NC2(C)C)sc1CCO[N+](=O)[O-]. The normalized spacial score (nSPS) is 23.2. The van der Waals surface area contributed by atoms with Gasteiger partial charge in [-0.1, -0.05) is 0 Å². The molecule has 1 saturated heterocycles. The number of aromatic nitrogens is 1. The minimum Gasteiger partial charge on any atom is -0.314 e. The van der Waals surface area contributed by atoms with Gasteiger partial charge in [0.1, 0.15) is 6.61 Å². The highest BCUT2D eigenvalue weighted by Gasteiger charge is 2.46. The molecular formula is C14H23N3O3S. The fraction of sp³-hybridized carbons (Fsp3) is 0.786. The van der Waals surface area contributed by atoms with Crippen molar-refractivity contribution in [2.24, 2.45) is 0 Å². The van der Waals surface area contributed by atoms with E-state index >= 15 is 0 Å². The Morgan fingerprint density at radius 1 is 1.48 bits per heavy atom. The molecule has 1 fully saturated rings. The average Bonchev–Trinajstić information content (AvgIpc) is 2.75. The number of nitrogens with one attached hydrogen (secondary N) is 1. The van der Waals surface area contributed by atoms with E-state index in [1.54, 1.807) is 11.3 Å². The summed E-state index contributed by atoms with van der Waals surface area (Å²) in [6.45, 7) is 10.9. The van der Waals surface area contributed by atoms with Crippen LogP contribution in [0.1, 0.15) is 55.6 Å². The second-order valence-electron chi connectivity index (χ2n) is 6.85. The minimum atomic E-state index is -0.746. The summed E-state index contributed by atoms with van der Waals surface area (Å²) in [4.78, 5) is 20.4. The van der Waals surface area contributed by atoms with Gasteiger partial charge < -0.3 is 10.2 Å². The topological polar surface area (TPSA) is 77.3 Å². The Kier molecular flexibility index (Phi) is 4.26. The molecule has 1 atom stereocenters. The van der Waals surface area contributed by atoms with E-state index in [4.69, 9.17) is 4.98 Å². The van der Waals surface area contributed by atoms with Gasteiger partial charge in [-0.2, -0.15) is 0 Å². The van der Waals surface area contributed by atoms with Crippen molar-refractivity contribution in [3.63, 3.8) is 0 Å². The molecule has 1 unspecified atom stereocenters. The molecule has 6 nitrogen and oxygen atoms in total. The maximum Gasteiger partial charge on any atom is 0.294 e. The van der Waals surface area contributed by atoms with Crippen LogP contribution < -0.4 is 5.32 Å². The van der Waals surface area contributed by atoms with Gasteiger partial charge in [0.25, 0.3) is 5.09 Å². The Morgan fingerprint density at radius 2 is 2.14 bits per heavy atom. The van der Waals surface area contributed by atoms with Crippen LogP contribution in [0.4, 0.5) is 0 Å². The van der Waals surface area contributed by atoms with Crippen molar-refractivity contribution in [3.8, 4) is 0 Å². The van der Waals surface area contributed by atoms with Crippen molar-refractivity contribution in [2.45, 2.75) is 64.5 Å². The van der Waals surface area contributed by atoms with Crippen LogP contribution in [0, 0.1) is 17.0 Å². The van der Waals surface area contributed by atoms with Crippen LogP contribution >= 0.6 is 11.3 Å². The van der Waals surface area contributed by atoms with Gasteiger partial charge in [-0.15, -0.1) is 21.5 Å². The Morgan fingerprint density at radius 3 is 2.67 bits per heavy atom. The van der Waals surface area contributed by atoms with Crippen LogP contribution in [0.5, 0.6) is 0 Å². The van der Waals surface area contributed by atoms with Crippen LogP contribution in [-0.4, -0.2) is 27.8 Å². The second kappa shape index (κ2) is 5.53. The summed E-state index contributed by atoms with van der Waals surface area (Å²) >= 11 is 1.66. The maximum absolute atomic E-state index is 10.2. The van der Waals surface area contributed by atoms with Crippen LogP contribution in [0.15, 0.2) is 0 Å². The number of aryl methyl sites for hydroxylation is 1.